The maximum Gasteiger partial charge on any atom is 0.244 e. The Labute approximate surface area is 165 Å². The maximum atomic E-state index is 12.8. The number of anilines is 1. The molecule has 3 heterocycles. The third-order valence-electron chi connectivity index (χ3n) is 5.98. The van der Waals surface area contributed by atoms with Gasteiger partial charge >= 0.3 is 0 Å². The zero-order valence-electron chi connectivity index (χ0n) is 16.4. The Bertz CT molecular complexity index is 864. The number of morpholine rings is 1. The lowest BCUT2D eigenvalue weighted by molar-refractivity contribution is -0.135. The van der Waals surface area contributed by atoms with Gasteiger partial charge in [0, 0.05) is 35.9 Å². The van der Waals surface area contributed by atoms with Crippen molar-refractivity contribution in [1.82, 2.24) is 14.8 Å². The molecule has 2 N–H and O–H groups in total. The lowest BCUT2D eigenvalue weighted by atomic mass is 9.93. The van der Waals surface area contributed by atoms with Crippen molar-refractivity contribution >= 4 is 28.4 Å². The van der Waals surface area contributed by atoms with Crippen LogP contribution in [0.25, 0.3) is 10.9 Å². The average molecular weight is 384 g/mol. The highest BCUT2D eigenvalue weighted by atomic mass is 16.5. The van der Waals surface area contributed by atoms with E-state index in [4.69, 9.17) is 4.74 Å². The maximum absolute atomic E-state index is 12.8. The number of nitrogens with one attached hydrogen (secondary N) is 2. The second-order valence-corrected chi connectivity index (χ2v) is 7.63. The molecule has 4 rings (SSSR count). The van der Waals surface area contributed by atoms with Crippen molar-refractivity contribution in [2.24, 2.45) is 0 Å². The number of carbonyl (C=O) groups is 2. The normalized spacial score (nSPS) is 22.5. The van der Waals surface area contributed by atoms with Gasteiger partial charge in [0.2, 0.25) is 11.8 Å². The van der Waals surface area contributed by atoms with Gasteiger partial charge < -0.3 is 24.8 Å². The zero-order chi connectivity index (χ0) is 19.6. The Kier molecular flexibility index (Phi) is 5.37. The summed E-state index contributed by atoms with van der Waals surface area (Å²) in [7, 11) is 0. The lowest BCUT2D eigenvalue weighted by Gasteiger charge is -2.27. The van der Waals surface area contributed by atoms with E-state index in [9.17, 15) is 9.59 Å². The molecule has 1 aromatic carbocycles. The molecule has 1 aromatic heterocycles. The van der Waals surface area contributed by atoms with Crippen molar-refractivity contribution in [3.05, 3.63) is 30.5 Å². The van der Waals surface area contributed by atoms with Crippen LogP contribution in [-0.4, -0.2) is 59.7 Å². The number of fused-ring (bicyclic) bond motifs is 1. The van der Waals surface area contributed by atoms with E-state index in [1.165, 1.54) is 0 Å². The molecule has 1 atom stereocenters. The van der Waals surface area contributed by atoms with Gasteiger partial charge in [0.25, 0.3) is 0 Å². The third kappa shape index (κ3) is 3.64. The summed E-state index contributed by atoms with van der Waals surface area (Å²) < 4.78 is 7.28. The van der Waals surface area contributed by atoms with E-state index < -0.39 is 5.54 Å². The smallest absolute Gasteiger partial charge is 0.244 e. The standard InChI is InChI=1S/C21H28N4O3/c1-2-21(7-3-8-22-21)20(27)23-17-4-5-18-16(14-17)6-9-25(18)15-19(26)24-10-12-28-13-11-24/h4-6,9,14,22H,2-3,7-8,10-13,15H2,1H3,(H,23,27). The fourth-order valence-electron chi connectivity index (χ4n) is 4.19. The fourth-order valence-corrected chi connectivity index (χ4v) is 4.19. The molecular formula is C21H28N4O3. The summed E-state index contributed by atoms with van der Waals surface area (Å²) in [6.45, 7) is 5.78. The van der Waals surface area contributed by atoms with Crippen molar-refractivity contribution in [3.63, 3.8) is 0 Å². The van der Waals surface area contributed by atoms with Crippen LogP contribution in [0.15, 0.2) is 30.5 Å². The number of amides is 2. The summed E-state index contributed by atoms with van der Waals surface area (Å²) in [4.78, 5) is 27.2. The summed E-state index contributed by atoms with van der Waals surface area (Å²) in [6.07, 6.45) is 4.61. The number of aromatic nitrogens is 1. The highest BCUT2D eigenvalue weighted by Crippen LogP contribution is 2.26. The van der Waals surface area contributed by atoms with Gasteiger partial charge in [-0.3, -0.25) is 9.59 Å². The second kappa shape index (κ2) is 7.93. The van der Waals surface area contributed by atoms with Crippen LogP contribution in [0.5, 0.6) is 0 Å². The van der Waals surface area contributed by atoms with E-state index in [-0.39, 0.29) is 11.8 Å². The van der Waals surface area contributed by atoms with Crippen molar-refractivity contribution in [1.29, 1.82) is 0 Å². The average Bonchev–Trinajstić information content (AvgIpc) is 3.36. The number of ether oxygens (including phenoxy) is 1. The largest absolute Gasteiger partial charge is 0.378 e. The molecule has 0 bridgehead atoms. The van der Waals surface area contributed by atoms with Gasteiger partial charge in [-0.05, 0) is 50.1 Å². The molecule has 2 fully saturated rings. The van der Waals surface area contributed by atoms with E-state index >= 15 is 0 Å². The molecule has 0 spiro atoms. The molecule has 2 amide bonds. The highest BCUT2D eigenvalue weighted by Gasteiger charge is 2.39. The highest BCUT2D eigenvalue weighted by molar-refractivity contribution is 6.00. The third-order valence-corrected chi connectivity index (χ3v) is 5.98. The molecule has 0 aliphatic carbocycles. The predicted molar refractivity (Wildman–Crippen MR) is 108 cm³/mol. The first kappa shape index (κ1) is 19.0. The van der Waals surface area contributed by atoms with Crippen LogP contribution in [0.4, 0.5) is 5.69 Å². The van der Waals surface area contributed by atoms with Crippen molar-refractivity contribution in [3.8, 4) is 0 Å². The molecule has 2 saturated heterocycles. The molecule has 7 nitrogen and oxygen atoms in total. The van der Waals surface area contributed by atoms with Crippen LogP contribution in [0.3, 0.4) is 0 Å². The summed E-state index contributed by atoms with van der Waals surface area (Å²) in [5, 5.41) is 7.45. The van der Waals surface area contributed by atoms with Crippen LogP contribution in [0, 0.1) is 0 Å². The first-order chi connectivity index (χ1) is 13.6. The summed E-state index contributed by atoms with van der Waals surface area (Å²) in [5.41, 5.74) is 1.32. The Balaban J connectivity index is 1.47. The number of carbonyl (C=O) groups excluding carboxylic acids is 2. The number of nitrogens with zero attached hydrogens (tertiary/aromatic N) is 2. The van der Waals surface area contributed by atoms with Gasteiger partial charge in [-0.15, -0.1) is 0 Å². The molecule has 2 aliphatic heterocycles. The summed E-state index contributed by atoms with van der Waals surface area (Å²) in [5.74, 6) is 0.143. The molecule has 7 heteroatoms. The van der Waals surface area contributed by atoms with Gasteiger partial charge in [0.1, 0.15) is 6.54 Å². The van der Waals surface area contributed by atoms with Crippen LogP contribution in [0.2, 0.25) is 0 Å². The number of benzene rings is 1. The zero-order valence-corrected chi connectivity index (χ0v) is 16.4. The molecular weight excluding hydrogens is 356 g/mol. The van der Waals surface area contributed by atoms with Gasteiger partial charge in [-0.25, -0.2) is 0 Å². The molecule has 0 saturated carbocycles. The van der Waals surface area contributed by atoms with E-state index in [1.807, 2.05) is 46.9 Å². The van der Waals surface area contributed by atoms with E-state index in [0.717, 1.165) is 42.4 Å². The SMILES string of the molecule is CCC1(C(=O)Nc2ccc3c(ccn3CC(=O)N3CCOCC3)c2)CCCN1. The van der Waals surface area contributed by atoms with E-state index in [1.54, 1.807) is 0 Å². The van der Waals surface area contributed by atoms with E-state index in [2.05, 4.69) is 10.6 Å². The van der Waals surface area contributed by atoms with Crippen molar-refractivity contribution in [2.75, 3.05) is 38.2 Å². The van der Waals surface area contributed by atoms with Gasteiger partial charge in [0.05, 0.1) is 18.8 Å². The summed E-state index contributed by atoms with van der Waals surface area (Å²) >= 11 is 0. The Morgan fingerprint density at radius 1 is 1.25 bits per heavy atom. The van der Waals surface area contributed by atoms with Gasteiger partial charge in [-0.1, -0.05) is 6.92 Å². The van der Waals surface area contributed by atoms with Crippen molar-refractivity contribution in [2.45, 2.75) is 38.3 Å². The first-order valence-corrected chi connectivity index (χ1v) is 10.1. The van der Waals surface area contributed by atoms with Crippen molar-refractivity contribution < 1.29 is 14.3 Å². The number of hydrogen-bond donors (Lipinski definition) is 2. The second-order valence-electron chi connectivity index (χ2n) is 7.63. The first-order valence-electron chi connectivity index (χ1n) is 10.1. The summed E-state index contributed by atoms with van der Waals surface area (Å²) in [6, 6.07) is 7.84. The minimum absolute atomic E-state index is 0.0359. The molecule has 0 radical (unpaired) electrons. The lowest BCUT2D eigenvalue weighted by Crippen LogP contribution is -2.50. The number of hydrogen-bond acceptors (Lipinski definition) is 4. The molecule has 1 unspecified atom stereocenters. The van der Waals surface area contributed by atoms with Crippen LogP contribution in [0.1, 0.15) is 26.2 Å². The topological polar surface area (TPSA) is 75.6 Å². The molecule has 2 aliphatic rings. The quantitative estimate of drug-likeness (QED) is 0.827. The minimum Gasteiger partial charge on any atom is -0.378 e. The number of rotatable bonds is 5. The Morgan fingerprint density at radius 2 is 2.07 bits per heavy atom. The minimum atomic E-state index is -0.453. The fraction of sp³-hybridized carbons (Fsp3) is 0.524. The van der Waals surface area contributed by atoms with Crippen LogP contribution in [-0.2, 0) is 20.9 Å². The van der Waals surface area contributed by atoms with Gasteiger partial charge in [0.15, 0.2) is 0 Å². The Hall–Kier alpha value is -2.38. The predicted octanol–water partition coefficient (Wildman–Crippen LogP) is 1.97. The van der Waals surface area contributed by atoms with Crippen LogP contribution >= 0.6 is 0 Å². The molecule has 28 heavy (non-hydrogen) atoms. The molecule has 150 valence electrons. The monoisotopic (exact) mass is 384 g/mol. The molecule has 2 aromatic rings. The van der Waals surface area contributed by atoms with E-state index in [0.29, 0.717) is 32.8 Å². The van der Waals surface area contributed by atoms with Gasteiger partial charge in [-0.2, -0.15) is 0 Å². The Morgan fingerprint density at radius 3 is 2.79 bits per heavy atom. The van der Waals surface area contributed by atoms with Crippen LogP contribution < -0.4 is 10.6 Å².